The van der Waals surface area contributed by atoms with Gasteiger partial charge in [-0.1, -0.05) is 29.3 Å². The normalized spacial score (nSPS) is 18.4. The minimum absolute atomic E-state index is 0. The summed E-state index contributed by atoms with van der Waals surface area (Å²) >= 11 is 12.1. The maximum absolute atomic E-state index is 6.04. The molecule has 1 saturated heterocycles. The number of nitrogens with zero attached hydrogens (tertiary/aromatic N) is 1. The van der Waals surface area contributed by atoms with E-state index in [1.807, 2.05) is 6.07 Å². The lowest BCUT2D eigenvalue weighted by Gasteiger charge is -2.23. The fourth-order valence-electron chi connectivity index (χ4n) is 2.11. The number of rotatable bonds is 5. The third kappa shape index (κ3) is 4.69. The molecule has 2 rings (SSSR count). The minimum atomic E-state index is 0. The second-order valence-electron chi connectivity index (χ2n) is 4.53. The molecular weight excluding hydrogens is 307 g/mol. The molecule has 0 aliphatic carbocycles. The standard InChI is InChI=1S/C13H18Cl2N2O.ClH/c1-17(10-5-6-16-9-10)7-8-18-13-11(14)3-2-4-12(13)15;/h2-4,10,16H,5-9H2,1H3;1H. The molecule has 1 aliphatic rings. The highest BCUT2D eigenvalue weighted by Crippen LogP contribution is 2.32. The number of likely N-dealkylation sites (N-methyl/N-ethyl adjacent to an activating group) is 1. The van der Waals surface area contributed by atoms with Crippen molar-refractivity contribution in [3.63, 3.8) is 0 Å². The lowest BCUT2D eigenvalue weighted by Crippen LogP contribution is -2.36. The zero-order valence-corrected chi connectivity index (χ0v) is 13.2. The Morgan fingerprint density at radius 3 is 2.63 bits per heavy atom. The van der Waals surface area contributed by atoms with Gasteiger partial charge >= 0.3 is 0 Å². The first kappa shape index (κ1) is 16.9. The summed E-state index contributed by atoms with van der Waals surface area (Å²) in [4.78, 5) is 2.31. The Kier molecular flexibility index (Phi) is 7.26. The van der Waals surface area contributed by atoms with E-state index in [0.29, 0.717) is 28.4 Å². The van der Waals surface area contributed by atoms with Gasteiger partial charge in [0.05, 0.1) is 10.0 Å². The Morgan fingerprint density at radius 2 is 2.05 bits per heavy atom. The van der Waals surface area contributed by atoms with Gasteiger partial charge in [-0.15, -0.1) is 12.4 Å². The number of hydrogen-bond acceptors (Lipinski definition) is 3. The summed E-state index contributed by atoms with van der Waals surface area (Å²) in [7, 11) is 2.12. The van der Waals surface area contributed by atoms with Crippen molar-refractivity contribution in [2.45, 2.75) is 12.5 Å². The van der Waals surface area contributed by atoms with Gasteiger partial charge in [-0.2, -0.15) is 0 Å². The smallest absolute Gasteiger partial charge is 0.156 e. The lowest BCUT2D eigenvalue weighted by atomic mass is 10.2. The van der Waals surface area contributed by atoms with Gasteiger partial charge in [-0.05, 0) is 32.1 Å². The van der Waals surface area contributed by atoms with Gasteiger partial charge in [-0.3, -0.25) is 4.90 Å². The van der Waals surface area contributed by atoms with E-state index in [9.17, 15) is 0 Å². The Balaban J connectivity index is 0.00000180. The van der Waals surface area contributed by atoms with Gasteiger partial charge in [0.1, 0.15) is 6.61 Å². The van der Waals surface area contributed by atoms with Crippen LogP contribution >= 0.6 is 35.6 Å². The SMILES string of the molecule is CN(CCOc1c(Cl)cccc1Cl)C1CCNC1.Cl. The van der Waals surface area contributed by atoms with Gasteiger partial charge in [-0.25, -0.2) is 0 Å². The van der Waals surface area contributed by atoms with E-state index in [-0.39, 0.29) is 12.4 Å². The van der Waals surface area contributed by atoms with Crippen molar-refractivity contribution in [1.29, 1.82) is 0 Å². The first-order valence-electron chi connectivity index (χ1n) is 6.16. The summed E-state index contributed by atoms with van der Waals surface area (Å²) in [6.07, 6.45) is 1.20. The molecule has 6 heteroatoms. The number of para-hydroxylation sites is 1. The van der Waals surface area contributed by atoms with Crippen molar-refractivity contribution in [3.8, 4) is 5.75 Å². The summed E-state index contributed by atoms with van der Waals surface area (Å²) in [5.74, 6) is 0.582. The quantitative estimate of drug-likeness (QED) is 0.900. The second-order valence-corrected chi connectivity index (χ2v) is 5.34. The molecule has 1 aromatic rings. The average Bonchev–Trinajstić information content (AvgIpc) is 2.86. The maximum Gasteiger partial charge on any atom is 0.156 e. The average molecular weight is 326 g/mol. The molecule has 19 heavy (non-hydrogen) atoms. The monoisotopic (exact) mass is 324 g/mol. The molecule has 1 unspecified atom stereocenters. The third-order valence-electron chi connectivity index (χ3n) is 3.27. The van der Waals surface area contributed by atoms with Crippen LogP contribution in [0.25, 0.3) is 0 Å². The van der Waals surface area contributed by atoms with Crippen molar-refractivity contribution in [2.75, 3.05) is 33.3 Å². The predicted molar refractivity (Wildman–Crippen MR) is 83.1 cm³/mol. The number of halogens is 3. The number of ether oxygens (including phenoxy) is 1. The van der Waals surface area contributed by atoms with E-state index in [1.165, 1.54) is 6.42 Å². The molecule has 1 aromatic carbocycles. The largest absolute Gasteiger partial charge is 0.489 e. The molecule has 1 fully saturated rings. The molecule has 0 radical (unpaired) electrons. The molecule has 1 N–H and O–H groups in total. The van der Waals surface area contributed by atoms with Gasteiger partial charge in [0.15, 0.2) is 5.75 Å². The molecule has 3 nitrogen and oxygen atoms in total. The lowest BCUT2D eigenvalue weighted by molar-refractivity contribution is 0.199. The van der Waals surface area contributed by atoms with E-state index in [1.54, 1.807) is 12.1 Å². The van der Waals surface area contributed by atoms with E-state index < -0.39 is 0 Å². The van der Waals surface area contributed by atoms with Crippen molar-refractivity contribution in [2.24, 2.45) is 0 Å². The molecule has 1 atom stereocenters. The van der Waals surface area contributed by atoms with Gasteiger partial charge in [0, 0.05) is 19.1 Å². The number of nitrogens with one attached hydrogen (secondary N) is 1. The highest BCUT2D eigenvalue weighted by Gasteiger charge is 2.18. The first-order chi connectivity index (χ1) is 8.68. The van der Waals surface area contributed by atoms with E-state index in [4.69, 9.17) is 27.9 Å². The van der Waals surface area contributed by atoms with Crippen molar-refractivity contribution >= 4 is 35.6 Å². The van der Waals surface area contributed by atoms with Crippen LogP contribution in [0.15, 0.2) is 18.2 Å². The van der Waals surface area contributed by atoms with Crippen LogP contribution in [-0.4, -0.2) is 44.2 Å². The summed E-state index contributed by atoms with van der Waals surface area (Å²) in [5, 5.41) is 4.48. The molecular formula is C13H19Cl3N2O. The Morgan fingerprint density at radius 1 is 1.37 bits per heavy atom. The zero-order chi connectivity index (χ0) is 13.0. The molecule has 1 heterocycles. The summed E-state index contributed by atoms with van der Waals surface area (Å²) in [5.41, 5.74) is 0. The molecule has 0 amide bonds. The van der Waals surface area contributed by atoms with Crippen molar-refractivity contribution in [3.05, 3.63) is 28.2 Å². The number of benzene rings is 1. The van der Waals surface area contributed by atoms with Crippen LogP contribution in [0.4, 0.5) is 0 Å². The van der Waals surface area contributed by atoms with Crippen LogP contribution in [0, 0.1) is 0 Å². The minimum Gasteiger partial charge on any atom is -0.489 e. The first-order valence-corrected chi connectivity index (χ1v) is 6.92. The van der Waals surface area contributed by atoms with Crippen LogP contribution in [0.1, 0.15) is 6.42 Å². The molecule has 108 valence electrons. The Hall–Kier alpha value is -0.190. The summed E-state index contributed by atoms with van der Waals surface area (Å²) < 4.78 is 5.67. The van der Waals surface area contributed by atoms with E-state index >= 15 is 0 Å². The fraction of sp³-hybridized carbons (Fsp3) is 0.538. The molecule has 0 bridgehead atoms. The maximum atomic E-state index is 6.04. The topological polar surface area (TPSA) is 24.5 Å². The zero-order valence-electron chi connectivity index (χ0n) is 10.9. The predicted octanol–water partition coefficient (Wildman–Crippen LogP) is 3.09. The van der Waals surface area contributed by atoms with Gasteiger partial charge < -0.3 is 10.1 Å². The van der Waals surface area contributed by atoms with Gasteiger partial charge in [0.25, 0.3) is 0 Å². The highest BCUT2D eigenvalue weighted by molar-refractivity contribution is 6.37. The van der Waals surface area contributed by atoms with Crippen molar-refractivity contribution < 1.29 is 4.74 Å². The molecule has 0 spiro atoms. The van der Waals surface area contributed by atoms with Gasteiger partial charge in [0.2, 0.25) is 0 Å². The highest BCUT2D eigenvalue weighted by atomic mass is 35.5. The fourth-order valence-corrected chi connectivity index (χ4v) is 2.62. The van der Waals surface area contributed by atoms with Crippen LogP contribution in [0.5, 0.6) is 5.75 Å². The molecule has 0 aromatic heterocycles. The van der Waals surface area contributed by atoms with E-state index in [2.05, 4.69) is 17.3 Å². The van der Waals surface area contributed by atoms with Crippen molar-refractivity contribution in [1.82, 2.24) is 10.2 Å². The van der Waals surface area contributed by atoms with Crippen LogP contribution in [0.3, 0.4) is 0 Å². The summed E-state index contributed by atoms with van der Waals surface area (Å²) in [6, 6.07) is 5.99. The van der Waals surface area contributed by atoms with Crippen LogP contribution < -0.4 is 10.1 Å². The van der Waals surface area contributed by atoms with Crippen LogP contribution in [0.2, 0.25) is 10.0 Å². The Labute approximate surface area is 130 Å². The molecule has 0 saturated carbocycles. The second kappa shape index (κ2) is 8.18. The molecule has 1 aliphatic heterocycles. The van der Waals surface area contributed by atoms with Crippen LogP contribution in [-0.2, 0) is 0 Å². The Bertz CT molecular complexity index is 377. The number of hydrogen-bond donors (Lipinski definition) is 1. The van der Waals surface area contributed by atoms with E-state index in [0.717, 1.165) is 19.6 Å². The third-order valence-corrected chi connectivity index (χ3v) is 3.86. The summed E-state index contributed by atoms with van der Waals surface area (Å²) in [6.45, 7) is 3.62.